The van der Waals surface area contributed by atoms with Crippen LogP contribution in [-0.2, 0) is 13.6 Å². The molecule has 1 N–H and O–H groups in total. The highest BCUT2D eigenvalue weighted by molar-refractivity contribution is 7.22. The number of nitrogens with zero attached hydrogens (tertiary/aromatic N) is 5. The molecule has 3 aromatic heterocycles. The summed E-state index contributed by atoms with van der Waals surface area (Å²) in [5, 5.41) is 12.2. The number of hydrogen-bond donors (Lipinski definition) is 1. The molecule has 0 saturated heterocycles. The molecular weight excluding hydrogens is 252 g/mol. The Labute approximate surface area is 107 Å². The number of hydrogen-bond acceptors (Lipinski definition) is 7. The summed E-state index contributed by atoms with van der Waals surface area (Å²) in [6.45, 7) is 4.25. The zero-order valence-corrected chi connectivity index (χ0v) is 11.1. The average Bonchev–Trinajstić information content (AvgIpc) is 2.97. The molecule has 3 aromatic rings. The Morgan fingerprint density at radius 3 is 2.83 bits per heavy atom. The first-order valence-electron chi connectivity index (χ1n) is 5.46. The highest BCUT2D eigenvalue weighted by Gasteiger charge is 2.12. The van der Waals surface area contributed by atoms with Crippen LogP contribution in [-0.4, -0.2) is 24.9 Å². The molecule has 0 aliphatic rings. The zero-order chi connectivity index (χ0) is 12.7. The van der Waals surface area contributed by atoms with Crippen molar-refractivity contribution < 1.29 is 4.52 Å². The number of fused-ring (bicyclic) bond motifs is 1. The van der Waals surface area contributed by atoms with Crippen LogP contribution in [0.5, 0.6) is 0 Å². The average molecular weight is 264 g/mol. The van der Waals surface area contributed by atoms with E-state index in [4.69, 9.17) is 4.52 Å². The van der Waals surface area contributed by atoms with Crippen molar-refractivity contribution in [2.75, 3.05) is 5.32 Å². The number of aromatic nitrogens is 5. The summed E-state index contributed by atoms with van der Waals surface area (Å²) in [7, 11) is 1.89. The van der Waals surface area contributed by atoms with Gasteiger partial charge in [0.2, 0.25) is 5.89 Å². The molecule has 0 amide bonds. The van der Waals surface area contributed by atoms with Crippen LogP contribution in [0.25, 0.3) is 10.3 Å². The van der Waals surface area contributed by atoms with Gasteiger partial charge in [0.1, 0.15) is 0 Å². The molecular formula is C10H12N6OS. The molecule has 0 fully saturated rings. The highest BCUT2D eigenvalue weighted by atomic mass is 32.1. The third-order valence-electron chi connectivity index (χ3n) is 2.51. The predicted octanol–water partition coefficient (Wildman–Crippen LogP) is 1.64. The van der Waals surface area contributed by atoms with Gasteiger partial charge in [0, 0.05) is 14.0 Å². The lowest BCUT2D eigenvalue weighted by molar-refractivity contribution is 0.388. The molecule has 0 aromatic carbocycles. The van der Waals surface area contributed by atoms with Crippen molar-refractivity contribution in [1.82, 2.24) is 24.9 Å². The van der Waals surface area contributed by atoms with Crippen molar-refractivity contribution in [3.05, 3.63) is 17.4 Å². The first-order valence-corrected chi connectivity index (χ1v) is 6.28. The minimum atomic E-state index is 0.504. The standard InChI is InChI=1S/C10H12N6OS/c1-5-8-9(16(3)14-5)13-10(18-8)11-4-7-12-6(2)17-15-7/h4H2,1-3H3,(H,11,13). The predicted molar refractivity (Wildman–Crippen MR) is 67.5 cm³/mol. The maximum absolute atomic E-state index is 4.90. The smallest absolute Gasteiger partial charge is 0.223 e. The molecule has 0 unspecified atom stereocenters. The second kappa shape index (κ2) is 4.05. The lowest BCUT2D eigenvalue weighted by Gasteiger charge is -1.96. The van der Waals surface area contributed by atoms with E-state index >= 15 is 0 Å². The molecule has 0 radical (unpaired) electrons. The monoisotopic (exact) mass is 264 g/mol. The lowest BCUT2D eigenvalue weighted by atomic mass is 10.5. The second-order valence-corrected chi connectivity index (χ2v) is 4.96. The summed E-state index contributed by atoms with van der Waals surface area (Å²) in [6.07, 6.45) is 0. The molecule has 0 atom stereocenters. The topological polar surface area (TPSA) is 81.7 Å². The van der Waals surface area contributed by atoms with E-state index < -0.39 is 0 Å². The van der Waals surface area contributed by atoms with Gasteiger partial charge in [-0.15, -0.1) is 0 Å². The van der Waals surface area contributed by atoms with Gasteiger partial charge in [-0.25, -0.2) is 9.67 Å². The highest BCUT2D eigenvalue weighted by Crippen LogP contribution is 2.28. The van der Waals surface area contributed by atoms with Crippen molar-refractivity contribution in [2.45, 2.75) is 20.4 Å². The van der Waals surface area contributed by atoms with Crippen LogP contribution >= 0.6 is 11.3 Å². The molecule has 0 aliphatic heterocycles. The third kappa shape index (κ3) is 1.84. The molecule has 7 nitrogen and oxygen atoms in total. The fourth-order valence-corrected chi connectivity index (χ4v) is 2.66. The summed E-state index contributed by atoms with van der Waals surface area (Å²) in [4.78, 5) is 8.60. The van der Waals surface area contributed by atoms with E-state index in [1.54, 1.807) is 22.9 Å². The van der Waals surface area contributed by atoms with Crippen molar-refractivity contribution in [2.24, 2.45) is 7.05 Å². The third-order valence-corrected chi connectivity index (χ3v) is 3.62. The van der Waals surface area contributed by atoms with Gasteiger partial charge < -0.3 is 9.84 Å². The molecule has 3 rings (SSSR count). The Morgan fingerprint density at radius 2 is 2.17 bits per heavy atom. The van der Waals surface area contributed by atoms with E-state index in [0.29, 0.717) is 18.3 Å². The fraction of sp³-hybridized carbons (Fsp3) is 0.400. The van der Waals surface area contributed by atoms with Crippen LogP contribution in [0.4, 0.5) is 5.13 Å². The van der Waals surface area contributed by atoms with E-state index in [1.165, 1.54) is 0 Å². The Kier molecular flexibility index (Phi) is 2.51. The van der Waals surface area contributed by atoms with Crippen LogP contribution in [0.15, 0.2) is 4.52 Å². The first kappa shape index (κ1) is 11.1. The van der Waals surface area contributed by atoms with Crippen LogP contribution in [0.2, 0.25) is 0 Å². The number of anilines is 1. The lowest BCUT2D eigenvalue weighted by Crippen LogP contribution is -2.01. The van der Waals surface area contributed by atoms with Crippen molar-refractivity contribution in [3.8, 4) is 0 Å². The number of aryl methyl sites for hydroxylation is 3. The summed E-state index contributed by atoms with van der Waals surface area (Å²) in [6, 6.07) is 0. The van der Waals surface area contributed by atoms with Crippen molar-refractivity contribution in [1.29, 1.82) is 0 Å². The van der Waals surface area contributed by atoms with Crippen molar-refractivity contribution >= 4 is 26.8 Å². The Balaban J connectivity index is 1.80. The normalized spacial score (nSPS) is 11.3. The van der Waals surface area contributed by atoms with E-state index in [0.717, 1.165) is 21.2 Å². The number of rotatable bonds is 3. The van der Waals surface area contributed by atoms with Crippen LogP contribution in [0.3, 0.4) is 0 Å². The number of thiazole rings is 1. The van der Waals surface area contributed by atoms with Gasteiger partial charge in [0.15, 0.2) is 16.6 Å². The Morgan fingerprint density at radius 1 is 1.33 bits per heavy atom. The SMILES string of the molecule is Cc1nc(CNc2nc3c(s2)c(C)nn3C)no1. The van der Waals surface area contributed by atoms with Gasteiger partial charge in [0.05, 0.1) is 16.9 Å². The summed E-state index contributed by atoms with van der Waals surface area (Å²) in [5.41, 5.74) is 1.89. The Bertz CT molecular complexity index is 662. The Hall–Kier alpha value is -1.96. The summed E-state index contributed by atoms with van der Waals surface area (Å²) >= 11 is 1.58. The van der Waals surface area contributed by atoms with Gasteiger partial charge in [-0.05, 0) is 6.92 Å². The largest absolute Gasteiger partial charge is 0.354 e. The maximum Gasteiger partial charge on any atom is 0.223 e. The summed E-state index contributed by atoms with van der Waals surface area (Å²) < 4.78 is 7.79. The van der Waals surface area contributed by atoms with Crippen LogP contribution in [0, 0.1) is 13.8 Å². The molecule has 8 heteroatoms. The number of nitrogens with one attached hydrogen (secondary N) is 1. The van der Waals surface area contributed by atoms with E-state index in [9.17, 15) is 0 Å². The van der Waals surface area contributed by atoms with E-state index in [2.05, 4.69) is 25.5 Å². The second-order valence-electron chi connectivity index (χ2n) is 3.96. The molecule has 0 spiro atoms. The fourth-order valence-electron chi connectivity index (χ4n) is 1.73. The molecule has 3 heterocycles. The molecule has 94 valence electrons. The summed E-state index contributed by atoms with van der Waals surface area (Å²) in [5.74, 6) is 1.19. The van der Waals surface area contributed by atoms with Gasteiger partial charge in [-0.1, -0.05) is 16.5 Å². The molecule has 0 aliphatic carbocycles. The van der Waals surface area contributed by atoms with E-state index in [1.807, 2.05) is 14.0 Å². The minimum Gasteiger partial charge on any atom is -0.354 e. The van der Waals surface area contributed by atoms with Gasteiger partial charge in [-0.2, -0.15) is 10.1 Å². The van der Waals surface area contributed by atoms with Gasteiger partial charge in [-0.3, -0.25) is 0 Å². The maximum atomic E-state index is 4.90. The van der Waals surface area contributed by atoms with Gasteiger partial charge >= 0.3 is 0 Å². The molecule has 18 heavy (non-hydrogen) atoms. The first-order chi connectivity index (χ1) is 8.63. The minimum absolute atomic E-state index is 0.504. The molecule has 0 saturated carbocycles. The van der Waals surface area contributed by atoms with Gasteiger partial charge in [0.25, 0.3) is 0 Å². The zero-order valence-electron chi connectivity index (χ0n) is 10.3. The van der Waals surface area contributed by atoms with Crippen LogP contribution < -0.4 is 5.32 Å². The quantitative estimate of drug-likeness (QED) is 0.774. The van der Waals surface area contributed by atoms with Crippen LogP contribution in [0.1, 0.15) is 17.4 Å². The van der Waals surface area contributed by atoms with Crippen molar-refractivity contribution in [3.63, 3.8) is 0 Å². The van der Waals surface area contributed by atoms with E-state index in [-0.39, 0.29) is 0 Å². The molecule has 0 bridgehead atoms.